The van der Waals surface area contributed by atoms with Crippen molar-refractivity contribution in [2.75, 3.05) is 18.8 Å². The molecule has 1 saturated heterocycles. The molecule has 4 nitrogen and oxygen atoms in total. The molecule has 0 atom stereocenters. The van der Waals surface area contributed by atoms with Crippen LogP contribution in [0.3, 0.4) is 0 Å². The zero-order chi connectivity index (χ0) is 11.0. The first-order chi connectivity index (χ1) is 7.09. The third-order valence-corrected chi connectivity index (χ3v) is 2.67. The number of aliphatic hydroxyl groups is 1. The molecule has 0 radical (unpaired) electrons. The summed E-state index contributed by atoms with van der Waals surface area (Å²) in [5.74, 6) is -0.0871. The molecule has 1 aliphatic heterocycles. The first-order valence-corrected chi connectivity index (χ1v) is 4.92. The molecule has 1 aromatic carbocycles. The Bertz CT molecular complexity index is 377. The maximum atomic E-state index is 11.9. The van der Waals surface area contributed by atoms with Gasteiger partial charge in [-0.25, -0.2) is 0 Å². The van der Waals surface area contributed by atoms with E-state index < -0.39 is 0 Å². The molecule has 0 spiro atoms. The van der Waals surface area contributed by atoms with E-state index in [0.717, 1.165) is 5.56 Å². The Morgan fingerprint density at radius 3 is 2.73 bits per heavy atom. The highest BCUT2D eigenvalue weighted by Gasteiger charge is 2.30. The third-order valence-electron chi connectivity index (χ3n) is 2.67. The fraction of sp³-hybridized carbons (Fsp3) is 0.364. The van der Waals surface area contributed by atoms with E-state index in [9.17, 15) is 4.79 Å². The van der Waals surface area contributed by atoms with Gasteiger partial charge in [0.05, 0.1) is 11.7 Å². The van der Waals surface area contributed by atoms with Crippen molar-refractivity contribution in [3.8, 4) is 0 Å². The summed E-state index contributed by atoms with van der Waals surface area (Å²) < 4.78 is 0. The van der Waals surface area contributed by atoms with Crippen LogP contribution in [0.25, 0.3) is 0 Å². The number of amides is 1. The smallest absolute Gasteiger partial charge is 0.256 e. The zero-order valence-electron chi connectivity index (χ0n) is 8.60. The van der Waals surface area contributed by atoms with Gasteiger partial charge in [-0.05, 0) is 18.6 Å². The van der Waals surface area contributed by atoms with Crippen molar-refractivity contribution in [3.05, 3.63) is 29.3 Å². The predicted octanol–water partition coefficient (Wildman–Crippen LogP) is 0.394. The van der Waals surface area contributed by atoms with Gasteiger partial charge in [0, 0.05) is 18.8 Å². The van der Waals surface area contributed by atoms with Crippen LogP contribution < -0.4 is 5.73 Å². The van der Waals surface area contributed by atoms with Crippen molar-refractivity contribution in [2.24, 2.45) is 0 Å². The second kappa shape index (κ2) is 3.55. The molecule has 1 heterocycles. The number of aryl methyl sites for hydroxylation is 1. The molecule has 0 bridgehead atoms. The number of nitrogens with two attached hydrogens (primary N) is 1. The van der Waals surface area contributed by atoms with Crippen molar-refractivity contribution in [1.82, 2.24) is 4.90 Å². The summed E-state index contributed by atoms with van der Waals surface area (Å²) in [4.78, 5) is 13.5. The van der Waals surface area contributed by atoms with E-state index in [4.69, 9.17) is 10.8 Å². The number of nitrogen functional groups attached to an aromatic ring is 1. The van der Waals surface area contributed by atoms with E-state index >= 15 is 0 Å². The molecule has 1 aliphatic rings. The van der Waals surface area contributed by atoms with E-state index in [2.05, 4.69) is 0 Å². The maximum Gasteiger partial charge on any atom is 0.256 e. The largest absolute Gasteiger partial charge is 0.398 e. The minimum absolute atomic E-state index is 0.0871. The summed E-state index contributed by atoms with van der Waals surface area (Å²) in [7, 11) is 0. The van der Waals surface area contributed by atoms with Crippen molar-refractivity contribution in [2.45, 2.75) is 13.0 Å². The lowest BCUT2D eigenvalue weighted by Gasteiger charge is -2.36. The average Bonchev–Trinajstić information content (AvgIpc) is 2.12. The highest BCUT2D eigenvalue weighted by atomic mass is 16.3. The van der Waals surface area contributed by atoms with Gasteiger partial charge in [-0.15, -0.1) is 0 Å². The standard InChI is InChI=1S/C11H14N2O2/c1-7-3-2-4-9(12)10(7)11(15)13-5-8(14)6-13/h2-4,8,14H,5-6,12H2,1H3. The van der Waals surface area contributed by atoms with Crippen molar-refractivity contribution in [3.63, 3.8) is 0 Å². The third kappa shape index (κ3) is 1.68. The molecular weight excluding hydrogens is 192 g/mol. The Labute approximate surface area is 88.3 Å². The SMILES string of the molecule is Cc1cccc(N)c1C(=O)N1CC(O)C1. The van der Waals surface area contributed by atoms with Gasteiger partial charge in [-0.3, -0.25) is 4.79 Å². The molecule has 2 rings (SSSR count). The molecule has 0 unspecified atom stereocenters. The van der Waals surface area contributed by atoms with E-state index in [0.29, 0.717) is 24.3 Å². The van der Waals surface area contributed by atoms with Crippen LogP contribution in [0.1, 0.15) is 15.9 Å². The van der Waals surface area contributed by atoms with Crippen LogP contribution in [-0.4, -0.2) is 35.1 Å². The normalized spacial score (nSPS) is 16.3. The highest BCUT2D eigenvalue weighted by molar-refractivity contribution is 6.00. The first kappa shape index (κ1) is 9.98. The Balaban J connectivity index is 2.26. The first-order valence-electron chi connectivity index (χ1n) is 4.92. The fourth-order valence-corrected chi connectivity index (χ4v) is 1.76. The minimum Gasteiger partial charge on any atom is -0.398 e. The zero-order valence-corrected chi connectivity index (χ0v) is 8.60. The second-order valence-corrected chi connectivity index (χ2v) is 3.90. The number of likely N-dealkylation sites (tertiary alicyclic amines) is 1. The molecule has 80 valence electrons. The van der Waals surface area contributed by atoms with Crippen LogP contribution in [0.5, 0.6) is 0 Å². The van der Waals surface area contributed by atoms with E-state index in [1.807, 2.05) is 19.1 Å². The van der Waals surface area contributed by atoms with Gasteiger partial charge in [0.1, 0.15) is 0 Å². The van der Waals surface area contributed by atoms with Gasteiger partial charge in [0.2, 0.25) is 0 Å². The summed E-state index contributed by atoms with van der Waals surface area (Å²) in [6.07, 6.45) is -0.376. The molecule has 3 N–H and O–H groups in total. The quantitative estimate of drug-likeness (QED) is 0.653. The van der Waals surface area contributed by atoms with Crippen molar-refractivity contribution < 1.29 is 9.90 Å². The molecule has 1 fully saturated rings. The van der Waals surface area contributed by atoms with E-state index in [1.165, 1.54) is 0 Å². The summed E-state index contributed by atoms with van der Waals surface area (Å²) >= 11 is 0. The van der Waals surface area contributed by atoms with Gasteiger partial charge in [-0.2, -0.15) is 0 Å². The lowest BCUT2D eigenvalue weighted by molar-refractivity contribution is 0.00591. The topological polar surface area (TPSA) is 66.6 Å². The number of hydrogen-bond donors (Lipinski definition) is 2. The number of carbonyl (C=O) groups is 1. The van der Waals surface area contributed by atoms with Crippen molar-refractivity contribution >= 4 is 11.6 Å². The van der Waals surface area contributed by atoms with Crippen molar-refractivity contribution in [1.29, 1.82) is 0 Å². The number of nitrogens with zero attached hydrogens (tertiary/aromatic N) is 1. The van der Waals surface area contributed by atoms with Crippen LogP contribution in [0, 0.1) is 6.92 Å². The monoisotopic (exact) mass is 206 g/mol. The van der Waals surface area contributed by atoms with Crippen LogP contribution in [-0.2, 0) is 0 Å². The number of hydrogen-bond acceptors (Lipinski definition) is 3. The minimum atomic E-state index is -0.376. The number of carbonyl (C=O) groups excluding carboxylic acids is 1. The number of rotatable bonds is 1. The highest BCUT2D eigenvalue weighted by Crippen LogP contribution is 2.21. The number of anilines is 1. The molecule has 0 aliphatic carbocycles. The second-order valence-electron chi connectivity index (χ2n) is 3.90. The van der Waals surface area contributed by atoms with E-state index in [1.54, 1.807) is 11.0 Å². The molecular formula is C11H14N2O2. The Kier molecular flexibility index (Phi) is 2.36. The van der Waals surface area contributed by atoms with Crippen LogP contribution in [0.2, 0.25) is 0 Å². The summed E-state index contributed by atoms with van der Waals surface area (Å²) in [6.45, 7) is 2.68. The predicted molar refractivity (Wildman–Crippen MR) is 57.5 cm³/mol. The number of β-amino-alcohol motifs (C(OH)–C–C–N with tert-alkyl or cyclic N) is 1. The molecule has 1 amide bonds. The number of benzene rings is 1. The average molecular weight is 206 g/mol. The Morgan fingerprint density at radius 1 is 1.53 bits per heavy atom. The fourth-order valence-electron chi connectivity index (χ4n) is 1.76. The molecule has 1 aromatic rings. The van der Waals surface area contributed by atoms with Crippen LogP contribution in [0.15, 0.2) is 18.2 Å². The maximum absolute atomic E-state index is 11.9. The van der Waals surface area contributed by atoms with Gasteiger partial charge >= 0.3 is 0 Å². The molecule has 15 heavy (non-hydrogen) atoms. The molecule has 0 aromatic heterocycles. The Morgan fingerprint density at radius 2 is 2.20 bits per heavy atom. The molecule has 0 saturated carbocycles. The lowest BCUT2D eigenvalue weighted by atomic mass is 10.0. The van der Waals surface area contributed by atoms with Gasteiger partial charge in [0.25, 0.3) is 5.91 Å². The lowest BCUT2D eigenvalue weighted by Crippen LogP contribution is -2.53. The molecule has 4 heteroatoms. The summed E-state index contributed by atoms with van der Waals surface area (Å²) in [6, 6.07) is 5.41. The summed E-state index contributed by atoms with van der Waals surface area (Å²) in [5, 5.41) is 9.13. The van der Waals surface area contributed by atoms with Gasteiger partial charge in [-0.1, -0.05) is 12.1 Å². The Hall–Kier alpha value is -1.55. The van der Waals surface area contributed by atoms with Crippen LogP contribution in [0.4, 0.5) is 5.69 Å². The summed E-state index contributed by atoms with van der Waals surface area (Å²) in [5.41, 5.74) is 7.70. The van der Waals surface area contributed by atoms with Crippen LogP contribution >= 0.6 is 0 Å². The van der Waals surface area contributed by atoms with Gasteiger partial charge < -0.3 is 15.7 Å². The van der Waals surface area contributed by atoms with E-state index in [-0.39, 0.29) is 12.0 Å². The van der Waals surface area contributed by atoms with Gasteiger partial charge in [0.15, 0.2) is 0 Å². The number of aliphatic hydroxyl groups excluding tert-OH is 1.